The lowest BCUT2D eigenvalue weighted by atomic mass is 9.87. The highest BCUT2D eigenvalue weighted by Crippen LogP contribution is 2.26. The molecular weight excluding hydrogens is 308 g/mol. The Labute approximate surface area is 133 Å². The van der Waals surface area contributed by atoms with E-state index in [1.165, 1.54) is 19.1 Å². The molecule has 6 nitrogen and oxygen atoms in total. The van der Waals surface area contributed by atoms with Crippen LogP contribution in [0.2, 0.25) is 5.02 Å². The zero-order valence-electron chi connectivity index (χ0n) is 12.9. The molecule has 1 atom stereocenters. The average Bonchev–Trinajstić information content (AvgIpc) is 2.40. The van der Waals surface area contributed by atoms with Crippen molar-refractivity contribution in [2.24, 2.45) is 11.7 Å². The van der Waals surface area contributed by atoms with Gasteiger partial charge in [-0.1, -0.05) is 31.5 Å². The zero-order valence-corrected chi connectivity index (χ0v) is 13.6. The molecule has 0 aliphatic heterocycles. The van der Waals surface area contributed by atoms with E-state index >= 15 is 0 Å². The van der Waals surface area contributed by atoms with Gasteiger partial charge in [-0.3, -0.25) is 9.59 Å². The predicted octanol–water partition coefficient (Wildman–Crippen LogP) is 1.98. The van der Waals surface area contributed by atoms with Crippen LogP contribution in [0.3, 0.4) is 0 Å². The molecule has 0 heterocycles. The smallest absolute Gasteiger partial charge is 0.336 e. The number of benzene rings is 1. The third-order valence-electron chi connectivity index (χ3n) is 3.83. The first-order valence-corrected chi connectivity index (χ1v) is 7.05. The van der Waals surface area contributed by atoms with Gasteiger partial charge in [0, 0.05) is 0 Å². The lowest BCUT2D eigenvalue weighted by Crippen LogP contribution is -2.58. The summed E-state index contributed by atoms with van der Waals surface area (Å²) in [4.78, 5) is 35.5. The molecule has 0 aliphatic rings. The number of carbonyl (C=O) groups is 3. The summed E-state index contributed by atoms with van der Waals surface area (Å²) in [6.45, 7) is 6.59. The lowest BCUT2D eigenvalue weighted by Gasteiger charge is -2.31. The first-order chi connectivity index (χ1) is 10.0. The Bertz CT molecular complexity index is 643. The number of amides is 2. The van der Waals surface area contributed by atoms with E-state index in [9.17, 15) is 19.5 Å². The average molecular weight is 327 g/mol. The SMILES string of the molecule is Cc1ccc(C(=O)O)c(C(=O)NC(C)(C(N)=O)C(C)C)c1Cl. The molecule has 4 N–H and O–H groups in total. The van der Waals surface area contributed by atoms with Gasteiger partial charge in [-0.05, 0) is 31.4 Å². The van der Waals surface area contributed by atoms with Gasteiger partial charge in [0.2, 0.25) is 5.91 Å². The Morgan fingerprint density at radius 3 is 2.27 bits per heavy atom. The fourth-order valence-corrected chi connectivity index (χ4v) is 2.12. The topological polar surface area (TPSA) is 109 Å². The van der Waals surface area contributed by atoms with Crippen LogP contribution in [0.4, 0.5) is 0 Å². The molecule has 2 amide bonds. The zero-order chi connectivity index (χ0) is 17.2. The molecule has 1 aromatic carbocycles. The van der Waals surface area contributed by atoms with E-state index in [4.69, 9.17) is 17.3 Å². The maximum absolute atomic E-state index is 12.5. The molecule has 120 valence electrons. The predicted molar refractivity (Wildman–Crippen MR) is 83.1 cm³/mol. The summed E-state index contributed by atoms with van der Waals surface area (Å²) < 4.78 is 0. The van der Waals surface area contributed by atoms with Gasteiger partial charge < -0.3 is 16.2 Å². The van der Waals surface area contributed by atoms with Gasteiger partial charge in [0.1, 0.15) is 5.54 Å². The van der Waals surface area contributed by atoms with Crippen LogP contribution in [0.15, 0.2) is 12.1 Å². The third kappa shape index (κ3) is 3.22. The summed E-state index contributed by atoms with van der Waals surface area (Å²) in [5.41, 5.74) is 4.19. The van der Waals surface area contributed by atoms with E-state index in [1.807, 2.05) is 0 Å². The molecule has 0 spiro atoms. The maximum Gasteiger partial charge on any atom is 0.336 e. The first kappa shape index (κ1) is 18.0. The Morgan fingerprint density at radius 1 is 1.32 bits per heavy atom. The number of carbonyl (C=O) groups excluding carboxylic acids is 2. The molecule has 0 saturated heterocycles. The summed E-state index contributed by atoms with van der Waals surface area (Å²) in [5.74, 6) is -3.03. The number of aryl methyl sites for hydroxylation is 1. The van der Waals surface area contributed by atoms with Crippen LogP contribution in [0, 0.1) is 12.8 Å². The second-order valence-corrected chi connectivity index (χ2v) is 5.98. The molecule has 1 unspecified atom stereocenters. The monoisotopic (exact) mass is 326 g/mol. The molecule has 0 fully saturated rings. The number of carboxylic acid groups (broad SMARTS) is 1. The molecule has 0 radical (unpaired) electrons. The molecule has 1 aromatic rings. The fraction of sp³-hybridized carbons (Fsp3) is 0.400. The van der Waals surface area contributed by atoms with E-state index in [0.29, 0.717) is 5.56 Å². The second kappa shape index (κ2) is 6.36. The molecule has 22 heavy (non-hydrogen) atoms. The van der Waals surface area contributed by atoms with E-state index in [-0.39, 0.29) is 22.1 Å². The molecule has 7 heteroatoms. The second-order valence-electron chi connectivity index (χ2n) is 5.60. The molecular formula is C15H19ClN2O4. The van der Waals surface area contributed by atoms with Crippen molar-refractivity contribution >= 4 is 29.4 Å². The van der Waals surface area contributed by atoms with Crippen molar-refractivity contribution in [3.8, 4) is 0 Å². The van der Waals surface area contributed by atoms with Crippen molar-refractivity contribution in [1.82, 2.24) is 5.32 Å². The highest BCUT2D eigenvalue weighted by Gasteiger charge is 2.37. The number of hydrogen-bond acceptors (Lipinski definition) is 3. The van der Waals surface area contributed by atoms with Gasteiger partial charge in [-0.2, -0.15) is 0 Å². The van der Waals surface area contributed by atoms with Crippen LogP contribution < -0.4 is 11.1 Å². The van der Waals surface area contributed by atoms with Gasteiger partial charge >= 0.3 is 5.97 Å². The summed E-state index contributed by atoms with van der Waals surface area (Å²) >= 11 is 6.08. The Morgan fingerprint density at radius 2 is 1.86 bits per heavy atom. The molecule has 0 aromatic heterocycles. The summed E-state index contributed by atoms with van der Waals surface area (Å²) in [7, 11) is 0. The highest BCUT2D eigenvalue weighted by molar-refractivity contribution is 6.35. The number of nitrogens with two attached hydrogens (primary N) is 1. The van der Waals surface area contributed by atoms with E-state index in [0.717, 1.165) is 0 Å². The van der Waals surface area contributed by atoms with Crippen molar-refractivity contribution in [3.63, 3.8) is 0 Å². The fourth-order valence-electron chi connectivity index (χ4n) is 1.87. The van der Waals surface area contributed by atoms with Crippen LogP contribution in [-0.4, -0.2) is 28.4 Å². The minimum absolute atomic E-state index is 0.0352. The quantitative estimate of drug-likeness (QED) is 0.768. The van der Waals surface area contributed by atoms with Crippen molar-refractivity contribution in [2.45, 2.75) is 33.2 Å². The van der Waals surface area contributed by atoms with Crippen LogP contribution in [0.1, 0.15) is 47.1 Å². The number of carboxylic acids is 1. The third-order valence-corrected chi connectivity index (χ3v) is 4.32. The molecule has 0 aliphatic carbocycles. The van der Waals surface area contributed by atoms with Crippen LogP contribution in [-0.2, 0) is 4.79 Å². The van der Waals surface area contributed by atoms with Crippen LogP contribution >= 0.6 is 11.6 Å². The highest BCUT2D eigenvalue weighted by atomic mass is 35.5. The number of hydrogen-bond donors (Lipinski definition) is 3. The van der Waals surface area contributed by atoms with Gasteiger partial charge in [0.05, 0.1) is 16.1 Å². The van der Waals surface area contributed by atoms with Crippen molar-refractivity contribution in [3.05, 3.63) is 33.8 Å². The van der Waals surface area contributed by atoms with E-state index < -0.39 is 23.3 Å². The number of rotatable bonds is 5. The largest absolute Gasteiger partial charge is 0.478 e. The van der Waals surface area contributed by atoms with Crippen molar-refractivity contribution < 1.29 is 19.5 Å². The van der Waals surface area contributed by atoms with Gasteiger partial charge in [-0.25, -0.2) is 4.79 Å². The summed E-state index contributed by atoms with van der Waals surface area (Å²) in [5, 5.41) is 11.8. The Hall–Kier alpha value is -2.08. The van der Waals surface area contributed by atoms with Gasteiger partial charge in [0.25, 0.3) is 5.91 Å². The van der Waals surface area contributed by atoms with E-state index in [2.05, 4.69) is 5.32 Å². The molecule has 0 saturated carbocycles. The van der Waals surface area contributed by atoms with E-state index in [1.54, 1.807) is 20.8 Å². The number of nitrogens with one attached hydrogen (secondary N) is 1. The molecule has 1 rings (SSSR count). The van der Waals surface area contributed by atoms with Crippen molar-refractivity contribution in [2.75, 3.05) is 0 Å². The first-order valence-electron chi connectivity index (χ1n) is 6.67. The van der Waals surface area contributed by atoms with Crippen LogP contribution in [0.25, 0.3) is 0 Å². The summed E-state index contributed by atoms with van der Waals surface area (Å²) in [6.07, 6.45) is 0. The normalized spacial score (nSPS) is 13.5. The Balaban J connectivity index is 3.38. The summed E-state index contributed by atoms with van der Waals surface area (Å²) in [6, 6.07) is 2.81. The van der Waals surface area contributed by atoms with Gasteiger partial charge in [-0.15, -0.1) is 0 Å². The number of aromatic carboxylic acids is 1. The Kier molecular flexibility index (Phi) is 5.19. The van der Waals surface area contributed by atoms with Crippen molar-refractivity contribution in [1.29, 1.82) is 0 Å². The number of primary amides is 1. The minimum atomic E-state index is -1.32. The number of halogens is 1. The lowest BCUT2D eigenvalue weighted by molar-refractivity contribution is -0.125. The standard InChI is InChI=1S/C15H19ClN2O4/c1-7(2)15(4,14(17)22)18-12(19)10-9(13(20)21)6-5-8(3)11(10)16/h5-7H,1-4H3,(H2,17,22)(H,18,19)(H,20,21). The van der Waals surface area contributed by atoms with Crippen LogP contribution in [0.5, 0.6) is 0 Å². The minimum Gasteiger partial charge on any atom is -0.478 e. The maximum atomic E-state index is 12.5. The molecule has 0 bridgehead atoms. The van der Waals surface area contributed by atoms with Gasteiger partial charge in [0.15, 0.2) is 0 Å².